The molecule has 0 saturated carbocycles. The van der Waals surface area contributed by atoms with Crippen molar-refractivity contribution < 1.29 is 0 Å². The van der Waals surface area contributed by atoms with Crippen LogP contribution in [0.15, 0.2) is 38.4 Å². The molecule has 0 aromatic heterocycles. The Hall–Kier alpha value is -2.02. The Morgan fingerprint density at radius 1 is 1.00 bits per heavy atom. The summed E-state index contributed by atoms with van der Waals surface area (Å²) in [5.74, 6) is 0. The van der Waals surface area contributed by atoms with Gasteiger partial charge in [-0.1, -0.05) is 43.5 Å². The molecule has 0 spiro atoms. The highest BCUT2D eigenvalue weighted by Crippen LogP contribution is 2.29. The predicted octanol–water partition coefficient (Wildman–Crippen LogP) is 4.33. The Kier molecular flexibility index (Phi) is 3.74. The average molecular weight is 225 g/mol. The molecule has 0 atom stereocenters. The van der Waals surface area contributed by atoms with E-state index in [4.69, 9.17) is 5.73 Å². The molecule has 1 heteroatoms. The molecule has 0 aliphatic heterocycles. The van der Waals surface area contributed by atoms with Gasteiger partial charge in [-0.25, -0.2) is 0 Å². The number of rotatable bonds is 4. The van der Waals surface area contributed by atoms with Crippen molar-refractivity contribution in [3.63, 3.8) is 0 Å². The third-order valence-corrected chi connectivity index (χ3v) is 2.68. The molecule has 0 amide bonds. The van der Waals surface area contributed by atoms with Crippen LogP contribution in [0.4, 0.5) is 0 Å². The zero-order valence-corrected chi connectivity index (χ0v) is 10.6. The number of benzene rings is 1. The molecule has 0 bridgehead atoms. The minimum Gasteiger partial charge on any atom is -0.399 e. The summed E-state index contributed by atoms with van der Waals surface area (Å²) in [6.07, 6.45) is 1.78. The molecule has 0 aliphatic rings. The molecule has 1 rings (SSSR count). The second-order valence-electron chi connectivity index (χ2n) is 4.28. The summed E-state index contributed by atoms with van der Waals surface area (Å²) in [7, 11) is 0. The van der Waals surface area contributed by atoms with E-state index in [1.807, 2.05) is 26.0 Å². The molecule has 1 aromatic rings. The van der Waals surface area contributed by atoms with Crippen LogP contribution in [-0.4, -0.2) is 0 Å². The van der Waals surface area contributed by atoms with Crippen molar-refractivity contribution in [2.24, 2.45) is 5.73 Å². The maximum Gasteiger partial charge on any atom is 0.0320 e. The van der Waals surface area contributed by atoms with Gasteiger partial charge in [-0.2, -0.15) is 0 Å². The fourth-order valence-electron chi connectivity index (χ4n) is 1.77. The highest BCUT2D eigenvalue weighted by atomic mass is 14.6. The Bertz CT molecular complexity index is 519. The first-order valence-electron chi connectivity index (χ1n) is 5.45. The van der Waals surface area contributed by atoms with E-state index in [9.17, 15) is 0 Å². The number of allylic oxidation sites excluding steroid dienone is 2. The normalized spacial score (nSPS) is 9.76. The van der Waals surface area contributed by atoms with Gasteiger partial charge >= 0.3 is 0 Å². The molecule has 0 heterocycles. The van der Waals surface area contributed by atoms with Crippen molar-refractivity contribution in [2.45, 2.75) is 13.8 Å². The fraction of sp³-hybridized carbons (Fsp3) is 0.125. The van der Waals surface area contributed by atoms with Crippen molar-refractivity contribution in [3.8, 4) is 0 Å². The summed E-state index contributed by atoms with van der Waals surface area (Å²) < 4.78 is 0. The van der Waals surface area contributed by atoms with Crippen LogP contribution in [0, 0.1) is 0 Å². The largest absolute Gasteiger partial charge is 0.399 e. The van der Waals surface area contributed by atoms with Gasteiger partial charge in [0.25, 0.3) is 0 Å². The van der Waals surface area contributed by atoms with Crippen LogP contribution >= 0.6 is 0 Å². The smallest absolute Gasteiger partial charge is 0.0320 e. The fourth-order valence-corrected chi connectivity index (χ4v) is 1.77. The molecule has 0 fully saturated rings. The zero-order valence-electron chi connectivity index (χ0n) is 10.6. The van der Waals surface area contributed by atoms with Crippen molar-refractivity contribution in [2.75, 3.05) is 0 Å². The lowest BCUT2D eigenvalue weighted by Gasteiger charge is -2.15. The van der Waals surface area contributed by atoms with Crippen LogP contribution in [0.1, 0.15) is 36.1 Å². The topological polar surface area (TPSA) is 26.0 Å². The molecule has 17 heavy (non-hydrogen) atoms. The number of nitrogens with two attached hydrogens (primary N) is 1. The van der Waals surface area contributed by atoms with E-state index in [1.54, 1.807) is 6.08 Å². The maximum absolute atomic E-state index is 5.79. The molecular formula is C16H19N. The van der Waals surface area contributed by atoms with Crippen molar-refractivity contribution in [3.05, 3.63) is 60.7 Å². The molecule has 1 nitrogen and oxygen atoms in total. The molecule has 2 N–H and O–H groups in total. The number of hydrogen-bond acceptors (Lipinski definition) is 1. The summed E-state index contributed by atoms with van der Waals surface area (Å²) in [6, 6.07) is 4.04. The molecule has 1 aromatic carbocycles. The Balaban J connectivity index is 3.65. The third-order valence-electron chi connectivity index (χ3n) is 2.68. The van der Waals surface area contributed by atoms with Crippen LogP contribution in [0.3, 0.4) is 0 Å². The lowest BCUT2D eigenvalue weighted by atomic mass is 9.91. The first-order valence-corrected chi connectivity index (χ1v) is 5.45. The summed E-state index contributed by atoms with van der Waals surface area (Å²) in [6.45, 7) is 19.5. The molecule has 0 radical (unpaired) electrons. The monoisotopic (exact) mass is 225 g/mol. The van der Waals surface area contributed by atoms with E-state index in [2.05, 4.69) is 26.3 Å². The lowest BCUT2D eigenvalue weighted by Crippen LogP contribution is -2.00. The average Bonchev–Trinajstić information content (AvgIpc) is 2.26. The maximum atomic E-state index is 5.79. The first-order chi connectivity index (χ1) is 7.88. The third kappa shape index (κ3) is 2.56. The lowest BCUT2D eigenvalue weighted by molar-refractivity contribution is 1.43. The van der Waals surface area contributed by atoms with E-state index >= 15 is 0 Å². The van der Waals surface area contributed by atoms with Crippen molar-refractivity contribution in [1.29, 1.82) is 0 Å². The van der Waals surface area contributed by atoms with Gasteiger partial charge in [0.05, 0.1) is 0 Å². The highest BCUT2D eigenvalue weighted by Gasteiger charge is 2.10. The van der Waals surface area contributed by atoms with Gasteiger partial charge in [0.1, 0.15) is 0 Å². The molecular weight excluding hydrogens is 206 g/mol. The molecule has 0 unspecified atom stereocenters. The van der Waals surface area contributed by atoms with Gasteiger partial charge in [0, 0.05) is 11.3 Å². The van der Waals surface area contributed by atoms with E-state index in [1.165, 1.54) is 0 Å². The second kappa shape index (κ2) is 4.88. The van der Waals surface area contributed by atoms with Gasteiger partial charge < -0.3 is 5.73 Å². The van der Waals surface area contributed by atoms with Crippen LogP contribution < -0.4 is 5.73 Å². The quantitative estimate of drug-likeness (QED) is 0.811. The Morgan fingerprint density at radius 3 is 1.82 bits per heavy atom. The number of hydrogen-bond donors (Lipinski definition) is 1. The van der Waals surface area contributed by atoms with Crippen molar-refractivity contribution in [1.82, 2.24) is 0 Å². The predicted molar refractivity (Wildman–Crippen MR) is 79.2 cm³/mol. The van der Waals surface area contributed by atoms with E-state index < -0.39 is 0 Å². The second-order valence-corrected chi connectivity index (χ2v) is 4.28. The van der Waals surface area contributed by atoms with Crippen LogP contribution in [0.5, 0.6) is 0 Å². The van der Waals surface area contributed by atoms with Gasteiger partial charge in [-0.15, -0.1) is 0 Å². The van der Waals surface area contributed by atoms with Gasteiger partial charge in [0.2, 0.25) is 0 Å². The highest BCUT2D eigenvalue weighted by molar-refractivity contribution is 5.83. The SMILES string of the molecule is C=Cc1cc(C(=C)C)c(C(=C)C)cc1C(=C)N. The molecule has 0 aliphatic carbocycles. The van der Waals surface area contributed by atoms with Crippen LogP contribution in [0.25, 0.3) is 22.9 Å². The first kappa shape index (κ1) is 13.0. The minimum absolute atomic E-state index is 0.538. The standard InChI is InChI=1S/C16H19N/c1-7-13-8-14(10(2)3)15(11(4)5)9-16(13)12(6)17/h7-9H,1-2,4,6,17H2,3,5H3. The van der Waals surface area contributed by atoms with Crippen LogP contribution in [-0.2, 0) is 0 Å². The summed E-state index contributed by atoms with van der Waals surface area (Å²) in [5, 5.41) is 0. The minimum atomic E-state index is 0.538. The van der Waals surface area contributed by atoms with Gasteiger partial charge in [-0.3, -0.25) is 0 Å². The van der Waals surface area contributed by atoms with E-state index in [-0.39, 0.29) is 0 Å². The van der Waals surface area contributed by atoms with Crippen LogP contribution in [0.2, 0.25) is 0 Å². The molecule has 0 saturated heterocycles. The van der Waals surface area contributed by atoms with E-state index in [0.29, 0.717) is 5.70 Å². The Morgan fingerprint density at radius 2 is 1.47 bits per heavy atom. The zero-order chi connectivity index (χ0) is 13.2. The van der Waals surface area contributed by atoms with Crippen molar-refractivity contribution >= 4 is 22.9 Å². The van der Waals surface area contributed by atoms with E-state index in [0.717, 1.165) is 33.4 Å². The van der Waals surface area contributed by atoms with Gasteiger partial charge in [0.15, 0.2) is 0 Å². The summed E-state index contributed by atoms with van der Waals surface area (Å²) in [5.41, 5.74) is 12.3. The van der Waals surface area contributed by atoms with Gasteiger partial charge in [-0.05, 0) is 42.7 Å². The Labute approximate surface area is 104 Å². The summed E-state index contributed by atoms with van der Waals surface area (Å²) in [4.78, 5) is 0. The summed E-state index contributed by atoms with van der Waals surface area (Å²) >= 11 is 0. The molecule has 88 valence electrons.